The van der Waals surface area contributed by atoms with Gasteiger partial charge in [0.15, 0.2) is 0 Å². The molecule has 8 heteroatoms. The van der Waals surface area contributed by atoms with Gasteiger partial charge in [-0.15, -0.1) is 22.7 Å². The van der Waals surface area contributed by atoms with Gasteiger partial charge in [0.25, 0.3) is 5.56 Å². The molecule has 0 amide bonds. The Hall–Kier alpha value is -2.97. The largest absolute Gasteiger partial charge is 0.465 e. The highest BCUT2D eigenvalue weighted by Crippen LogP contribution is 2.34. The molecular formula is C19H14N2O4S2. The number of ether oxygens (including phenoxy) is 1. The highest BCUT2D eigenvalue weighted by molar-refractivity contribution is 7.19. The number of aromatic amines is 1. The molecule has 0 aliphatic heterocycles. The molecule has 0 saturated heterocycles. The molecule has 136 valence electrons. The predicted octanol–water partition coefficient (Wildman–Crippen LogP) is 4.37. The highest BCUT2D eigenvalue weighted by Gasteiger charge is 2.14. The second kappa shape index (κ2) is 7.34. The molecular weight excluding hydrogens is 384 g/mol. The zero-order valence-electron chi connectivity index (χ0n) is 14.2. The fourth-order valence-corrected chi connectivity index (χ4v) is 4.47. The summed E-state index contributed by atoms with van der Waals surface area (Å²) < 4.78 is 10.2. The summed E-state index contributed by atoms with van der Waals surface area (Å²) in [5.74, 6) is 0.313. The molecule has 0 aliphatic rings. The van der Waals surface area contributed by atoms with E-state index in [4.69, 9.17) is 9.15 Å². The summed E-state index contributed by atoms with van der Waals surface area (Å²) in [5.41, 5.74) is 0.645. The molecule has 0 bridgehead atoms. The molecule has 4 aromatic rings. The number of carbonyl (C=O) groups is 1. The van der Waals surface area contributed by atoms with E-state index < -0.39 is 5.97 Å². The van der Waals surface area contributed by atoms with E-state index in [-0.39, 0.29) is 12.2 Å². The Morgan fingerprint density at radius 3 is 3.00 bits per heavy atom. The molecule has 4 aromatic heterocycles. The molecule has 0 unspecified atom stereocenters. The smallest absolute Gasteiger partial charge is 0.331 e. The van der Waals surface area contributed by atoms with Crippen LogP contribution in [0, 0.1) is 6.92 Å². The Morgan fingerprint density at radius 1 is 1.37 bits per heavy atom. The van der Waals surface area contributed by atoms with Crippen LogP contribution < -0.4 is 5.56 Å². The summed E-state index contributed by atoms with van der Waals surface area (Å²) >= 11 is 3.03. The van der Waals surface area contributed by atoms with Crippen molar-refractivity contribution in [2.75, 3.05) is 0 Å². The second-order valence-electron chi connectivity index (χ2n) is 5.71. The van der Waals surface area contributed by atoms with E-state index in [1.165, 1.54) is 34.6 Å². The Kier molecular flexibility index (Phi) is 4.74. The van der Waals surface area contributed by atoms with Gasteiger partial charge in [-0.3, -0.25) is 4.79 Å². The van der Waals surface area contributed by atoms with Crippen molar-refractivity contribution in [3.63, 3.8) is 0 Å². The zero-order valence-corrected chi connectivity index (χ0v) is 15.9. The normalized spacial score (nSPS) is 11.4. The molecule has 4 heterocycles. The third kappa shape index (κ3) is 3.76. The molecule has 0 aromatic carbocycles. The maximum absolute atomic E-state index is 12.5. The van der Waals surface area contributed by atoms with Gasteiger partial charge in [0.1, 0.15) is 23.0 Å². The Bertz CT molecular complexity index is 1180. The first-order valence-electron chi connectivity index (χ1n) is 8.06. The van der Waals surface area contributed by atoms with Gasteiger partial charge in [-0.25, -0.2) is 9.78 Å². The maximum Gasteiger partial charge on any atom is 0.331 e. The molecule has 4 rings (SSSR count). The Labute approximate surface area is 161 Å². The van der Waals surface area contributed by atoms with Crippen LogP contribution in [-0.2, 0) is 16.1 Å². The summed E-state index contributed by atoms with van der Waals surface area (Å²) in [6.45, 7) is 1.91. The number of nitrogens with one attached hydrogen (secondary N) is 1. The van der Waals surface area contributed by atoms with Crippen LogP contribution in [0.1, 0.15) is 16.5 Å². The van der Waals surface area contributed by atoms with Crippen molar-refractivity contribution < 1.29 is 13.9 Å². The third-order valence-corrected chi connectivity index (χ3v) is 5.68. The number of nitrogens with zero attached hydrogens (tertiary/aromatic N) is 1. The minimum atomic E-state index is -0.546. The first kappa shape index (κ1) is 17.4. The van der Waals surface area contributed by atoms with Crippen molar-refractivity contribution in [2.24, 2.45) is 0 Å². The van der Waals surface area contributed by atoms with E-state index in [0.29, 0.717) is 21.8 Å². The molecule has 0 fully saturated rings. The van der Waals surface area contributed by atoms with Crippen molar-refractivity contribution in [2.45, 2.75) is 13.5 Å². The van der Waals surface area contributed by atoms with Crippen LogP contribution in [-0.4, -0.2) is 15.9 Å². The highest BCUT2D eigenvalue weighted by atomic mass is 32.1. The Morgan fingerprint density at radius 2 is 2.26 bits per heavy atom. The van der Waals surface area contributed by atoms with E-state index in [9.17, 15) is 9.59 Å². The van der Waals surface area contributed by atoms with E-state index in [2.05, 4.69) is 9.97 Å². The van der Waals surface area contributed by atoms with Gasteiger partial charge in [0, 0.05) is 26.8 Å². The van der Waals surface area contributed by atoms with Crippen molar-refractivity contribution in [3.8, 4) is 10.4 Å². The maximum atomic E-state index is 12.5. The number of esters is 1. The zero-order chi connectivity index (χ0) is 18.8. The van der Waals surface area contributed by atoms with E-state index in [0.717, 1.165) is 10.4 Å². The molecule has 6 nitrogen and oxygen atoms in total. The number of carbonyl (C=O) groups excluding carboxylic acids is 1. The van der Waals surface area contributed by atoms with Crippen LogP contribution in [0.5, 0.6) is 0 Å². The number of furan rings is 1. The number of aryl methyl sites for hydroxylation is 1. The topological polar surface area (TPSA) is 85.2 Å². The number of H-pyrrole nitrogens is 1. The van der Waals surface area contributed by atoms with Crippen LogP contribution in [0.3, 0.4) is 0 Å². The van der Waals surface area contributed by atoms with Gasteiger partial charge in [-0.2, -0.15) is 0 Å². The molecule has 0 atom stereocenters. The third-order valence-electron chi connectivity index (χ3n) is 3.78. The lowest BCUT2D eigenvalue weighted by atomic mass is 10.2. The number of hydrogen-bond donors (Lipinski definition) is 1. The van der Waals surface area contributed by atoms with E-state index >= 15 is 0 Å². The summed E-state index contributed by atoms with van der Waals surface area (Å²) in [5, 5.41) is 2.50. The molecule has 0 spiro atoms. The van der Waals surface area contributed by atoms with Crippen LogP contribution >= 0.6 is 22.7 Å². The standard InChI is InChI=1S/C19H14N2O4S2/c1-11-4-6-14(27-11)13-10-26-19-17(13)18(23)20-15(21-19)9-25-16(22)7-5-12-3-2-8-24-12/h2-8,10H,9H2,1H3,(H,20,21,23)/b7-5+. The van der Waals surface area contributed by atoms with Crippen LogP contribution in [0.25, 0.3) is 26.7 Å². The van der Waals surface area contributed by atoms with Crippen molar-refractivity contribution in [1.82, 2.24) is 9.97 Å². The average molecular weight is 398 g/mol. The van der Waals surface area contributed by atoms with Crippen molar-refractivity contribution in [1.29, 1.82) is 0 Å². The number of hydrogen-bond acceptors (Lipinski definition) is 7. The molecule has 1 N–H and O–H groups in total. The molecule has 0 saturated carbocycles. The SMILES string of the molecule is Cc1ccc(-c2csc3nc(COC(=O)/C=C/c4ccco4)[nH]c(=O)c23)s1. The van der Waals surface area contributed by atoms with Gasteiger partial charge < -0.3 is 14.1 Å². The Balaban J connectivity index is 1.52. The quantitative estimate of drug-likeness (QED) is 0.398. The van der Waals surface area contributed by atoms with Gasteiger partial charge in [-0.05, 0) is 37.3 Å². The number of aromatic nitrogens is 2. The molecule has 0 radical (unpaired) electrons. The summed E-state index contributed by atoms with van der Waals surface area (Å²) in [7, 11) is 0. The number of rotatable bonds is 5. The molecule has 27 heavy (non-hydrogen) atoms. The summed E-state index contributed by atoms with van der Waals surface area (Å²) in [6, 6.07) is 7.47. The average Bonchev–Trinajstić information content (AvgIpc) is 3.38. The van der Waals surface area contributed by atoms with Gasteiger partial charge in [0.2, 0.25) is 0 Å². The summed E-state index contributed by atoms with van der Waals surface area (Å²) in [4.78, 5) is 34.3. The number of fused-ring (bicyclic) bond motifs is 1. The van der Waals surface area contributed by atoms with E-state index in [1.54, 1.807) is 23.5 Å². The first-order valence-corrected chi connectivity index (χ1v) is 9.75. The van der Waals surface area contributed by atoms with Crippen LogP contribution in [0.2, 0.25) is 0 Å². The van der Waals surface area contributed by atoms with Crippen LogP contribution in [0.15, 0.2) is 51.2 Å². The number of thiophene rings is 2. The molecule has 0 aliphatic carbocycles. The first-order chi connectivity index (χ1) is 13.1. The lowest BCUT2D eigenvalue weighted by Gasteiger charge is -2.02. The lowest BCUT2D eigenvalue weighted by molar-refractivity contribution is -0.139. The van der Waals surface area contributed by atoms with Gasteiger partial charge >= 0.3 is 5.97 Å². The van der Waals surface area contributed by atoms with Gasteiger partial charge in [0.05, 0.1) is 11.6 Å². The van der Waals surface area contributed by atoms with Crippen LogP contribution in [0.4, 0.5) is 0 Å². The van der Waals surface area contributed by atoms with Gasteiger partial charge in [-0.1, -0.05) is 0 Å². The monoisotopic (exact) mass is 398 g/mol. The minimum absolute atomic E-state index is 0.113. The second-order valence-corrected chi connectivity index (χ2v) is 7.85. The summed E-state index contributed by atoms with van der Waals surface area (Å²) in [6.07, 6.45) is 4.29. The van der Waals surface area contributed by atoms with E-state index in [1.807, 2.05) is 24.4 Å². The van der Waals surface area contributed by atoms with Crippen molar-refractivity contribution >= 4 is 44.9 Å². The fourth-order valence-electron chi connectivity index (χ4n) is 2.55. The fraction of sp³-hybridized carbons (Fsp3) is 0.105. The minimum Gasteiger partial charge on any atom is -0.465 e. The van der Waals surface area contributed by atoms with Crippen molar-refractivity contribution in [3.05, 3.63) is 68.8 Å². The predicted molar refractivity (Wildman–Crippen MR) is 106 cm³/mol. The lowest BCUT2D eigenvalue weighted by Crippen LogP contribution is -2.13.